The predicted molar refractivity (Wildman–Crippen MR) is 106 cm³/mol. The van der Waals surface area contributed by atoms with E-state index in [2.05, 4.69) is 30.2 Å². The molecule has 0 atom stereocenters. The van der Waals surface area contributed by atoms with Crippen molar-refractivity contribution in [3.63, 3.8) is 0 Å². The van der Waals surface area contributed by atoms with Gasteiger partial charge in [0, 0.05) is 43.8 Å². The topological polar surface area (TPSA) is 141 Å². The van der Waals surface area contributed by atoms with Gasteiger partial charge in [0.25, 0.3) is 5.91 Å². The normalized spacial score (nSPS) is 14.9. The Morgan fingerprint density at radius 1 is 1.28 bits per heavy atom. The van der Waals surface area contributed by atoms with E-state index in [9.17, 15) is 4.79 Å². The molecule has 0 bridgehead atoms. The number of oxime groups is 1. The summed E-state index contributed by atoms with van der Waals surface area (Å²) in [6.07, 6.45) is 4.69. The Balaban J connectivity index is 1.44. The van der Waals surface area contributed by atoms with E-state index >= 15 is 0 Å². The number of nitrogens with zero attached hydrogens (tertiary/aromatic N) is 9. The molecule has 0 radical (unpaired) electrons. The lowest BCUT2D eigenvalue weighted by Crippen LogP contribution is -2.51. The van der Waals surface area contributed by atoms with Gasteiger partial charge in [-0.05, 0) is 0 Å². The molecule has 13 heteroatoms. The van der Waals surface area contributed by atoms with Crippen LogP contribution in [0, 0.1) is 0 Å². The lowest BCUT2D eigenvalue weighted by Gasteiger charge is -2.34. The van der Waals surface area contributed by atoms with Gasteiger partial charge in [0.2, 0.25) is 5.95 Å². The third-order valence-electron chi connectivity index (χ3n) is 4.28. The third kappa shape index (κ3) is 3.99. The van der Waals surface area contributed by atoms with Crippen LogP contribution < -0.4 is 10.6 Å². The van der Waals surface area contributed by atoms with Gasteiger partial charge in [0.15, 0.2) is 16.7 Å². The zero-order valence-corrected chi connectivity index (χ0v) is 16.4. The molecule has 150 valence electrons. The van der Waals surface area contributed by atoms with E-state index in [1.807, 2.05) is 4.90 Å². The molecule has 1 amide bonds. The quantitative estimate of drug-likeness (QED) is 0.443. The van der Waals surface area contributed by atoms with Gasteiger partial charge in [-0.3, -0.25) is 4.79 Å². The Labute approximate surface area is 169 Å². The van der Waals surface area contributed by atoms with Gasteiger partial charge in [0.1, 0.15) is 25.5 Å². The Kier molecular flexibility index (Phi) is 5.29. The van der Waals surface area contributed by atoms with Gasteiger partial charge in [0.05, 0.1) is 0 Å². The van der Waals surface area contributed by atoms with Crippen molar-refractivity contribution >= 4 is 34.0 Å². The minimum absolute atomic E-state index is 0.137. The van der Waals surface area contributed by atoms with Gasteiger partial charge in [-0.25, -0.2) is 19.6 Å². The first-order valence-corrected chi connectivity index (χ1v) is 9.58. The molecule has 0 aliphatic carbocycles. The van der Waals surface area contributed by atoms with Gasteiger partial charge < -0.3 is 20.4 Å². The highest BCUT2D eigenvalue weighted by molar-refractivity contribution is 7.13. The molecule has 0 spiro atoms. The fourth-order valence-electron chi connectivity index (χ4n) is 2.89. The van der Waals surface area contributed by atoms with Crippen LogP contribution in [0.1, 0.15) is 5.69 Å². The molecule has 4 heterocycles. The highest BCUT2D eigenvalue weighted by atomic mass is 32.1. The molecule has 0 aromatic carbocycles. The maximum Gasteiger partial charge on any atom is 0.278 e. The van der Waals surface area contributed by atoms with Crippen molar-refractivity contribution in [2.75, 3.05) is 43.9 Å². The maximum atomic E-state index is 12.9. The SMILES string of the molecule is CO/N=C(/C(=O)N1CCN(c2nccc(-n3cncn3)n2)CC1)c1csc(N)n1. The van der Waals surface area contributed by atoms with E-state index in [-0.39, 0.29) is 11.6 Å². The van der Waals surface area contributed by atoms with E-state index in [1.54, 1.807) is 33.6 Å². The molecule has 2 N–H and O–H groups in total. The van der Waals surface area contributed by atoms with Crippen molar-refractivity contribution in [1.82, 2.24) is 34.6 Å². The van der Waals surface area contributed by atoms with E-state index in [0.29, 0.717) is 48.8 Å². The molecule has 0 unspecified atom stereocenters. The molecule has 3 aromatic heterocycles. The van der Waals surface area contributed by atoms with Gasteiger partial charge in [-0.2, -0.15) is 10.1 Å². The number of carbonyl (C=O) groups is 1. The number of nitrogens with two attached hydrogens (primary N) is 1. The first kappa shape index (κ1) is 18.7. The first-order valence-electron chi connectivity index (χ1n) is 8.70. The summed E-state index contributed by atoms with van der Waals surface area (Å²) in [5.74, 6) is 0.943. The molecule has 12 nitrogen and oxygen atoms in total. The number of anilines is 2. The first-order chi connectivity index (χ1) is 14.2. The summed E-state index contributed by atoms with van der Waals surface area (Å²) in [6, 6.07) is 1.75. The second-order valence-electron chi connectivity index (χ2n) is 6.03. The number of hydrogen-bond acceptors (Lipinski definition) is 11. The highest BCUT2D eigenvalue weighted by Crippen LogP contribution is 2.16. The monoisotopic (exact) mass is 414 g/mol. The van der Waals surface area contributed by atoms with Crippen molar-refractivity contribution in [3.8, 4) is 5.82 Å². The summed E-state index contributed by atoms with van der Waals surface area (Å²) in [4.78, 5) is 38.4. The summed E-state index contributed by atoms with van der Waals surface area (Å²) < 4.78 is 1.57. The molecule has 1 aliphatic rings. The van der Waals surface area contributed by atoms with Gasteiger partial charge in [-0.15, -0.1) is 11.3 Å². The third-order valence-corrected chi connectivity index (χ3v) is 4.95. The van der Waals surface area contributed by atoms with Crippen LogP contribution in [0.3, 0.4) is 0 Å². The average molecular weight is 414 g/mol. The highest BCUT2D eigenvalue weighted by Gasteiger charge is 2.28. The van der Waals surface area contributed by atoms with Gasteiger partial charge >= 0.3 is 0 Å². The van der Waals surface area contributed by atoms with Crippen molar-refractivity contribution in [2.24, 2.45) is 5.16 Å². The summed E-state index contributed by atoms with van der Waals surface area (Å²) >= 11 is 1.24. The molecule has 29 heavy (non-hydrogen) atoms. The molecule has 1 fully saturated rings. The van der Waals surface area contributed by atoms with Crippen LogP contribution in [-0.2, 0) is 9.63 Å². The molecular weight excluding hydrogens is 396 g/mol. The number of amides is 1. The number of aromatic nitrogens is 6. The van der Waals surface area contributed by atoms with Crippen molar-refractivity contribution in [3.05, 3.63) is 36.0 Å². The number of hydrogen-bond donors (Lipinski definition) is 1. The van der Waals surface area contributed by atoms with Crippen molar-refractivity contribution in [2.45, 2.75) is 0 Å². The number of piperazine rings is 1. The summed E-state index contributed by atoms with van der Waals surface area (Å²) in [5, 5.41) is 9.99. The molecule has 4 rings (SSSR count). The number of carbonyl (C=O) groups excluding carboxylic acids is 1. The number of thiazole rings is 1. The Bertz CT molecular complexity index is 1010. The summed E-state index contributed by atoms with van der Waals surface area (Å²) in [6.45, 7) is 2.12. The van der Waals surface area contributed by atoms with E-state index in [1.165, 1.54) is 24.8 Å². The second kappa shape index (κ2) is 8.18. The van der Waals surface area contributed by atoms with E-state index < -0.39 is 0 Å². The van der Waals surface area contributed by atoms with Crippen LogP contribution in [0.5, 0.6) is 0 Å². The second-order valence-corrected chi connectivity index (χ2v) is 6.92. The fourth-order valence-corrected chi connectivity index (χ4v) is 3.44. The lowest BCUT2D eigenvalue weighted by atomic mass is 10.2. The molecular formula is C16H18N10O2S. The van der Waals surface area contributed by atoms with E-state index in [4.69, 9.17) is 10.6 Å². The molecule has 3 aromatic rings. The average Bonchev–Trinajstić information content (AvgIpc) is 3.44. The molecule has 1 saturated heterocycles. The van der Waals surface area contributed by atoms with Crippen LogP contribution in [0.2, 0.25) is 0 Å². The van der Waals surface area contributed by atoms with Crippen LogP contribution in [0.25, 0.3) is 5.82 Å². The largest absolute Gasteiger partial charge is 0.398 e. The van der Waals surface area contributed by atoms with Crippen LogP contribution in [0.4, 0.5) is 11.1 Å². The summed E-state index contributed by atoms with van der Waals surface area (Å²) in [5.41, 5.74) is 6.22. The number of rotatable bonds is 5. The van der Waals surface area contributed by atoms with Crippen LogP contribution in [-0.4, -0.2) is 79.5 Å². The zero-order chi connectivity index (χ0) is 20.2. The van der Waals surface area contributed by atoms with E-state index in [0.717, 1.165) is 0 Å². The zero-order valence-electron chi connectivity index (χ0n) is 15.5. The van der Waals surface area contributed by atoms with Crippen LogP contribution >= 0.6 is 11.3 Å². The minimum Gasteiger partial charge on any atom is -0.398 e. The Hall–Kier alpha value is -3.61. The van der Waals surface area contributed by atoms with Crippen molar-refractivity contribution in [1.29, 1.82) is 0 Å². The fraction of sp³-hybridized carbons (Fsp3) is 0.312. The lowest BCUT2D eigenvalue weighted by molar-refractivity contribution is -0.124. The Morgan fingerprint density at radius 3 is 2.76 bits per heavy atom. The summed E-state index contributed by atoms with van der Waals surface area (Å²) in [7, 11) is 1.39. The molecule has 0 saturated carbocycles. The van der Waals surface area contributed by atoms with Gasteiger partial charge in [-0.1, -0.05) is 5.16 Å². The number of nitrogen functional groups attached to an aromatic ring is 1. The smallest absolute Gasteiger partial charge is 0.278 e. The molecule has 1 aliphatic heterocycles. The standard InChI is InChI=1S/C16H18N10O2S/c1-28-23-13(11-8-29-15(17)21-11)14(27)24-4-6-25(7-5-24)16-19-3-2-12(22-16)26-10-18-9-20-26/h2-3,8-10H,4-7H2,1H3,(H2,17,21)/b23-13+. The maximum absolute atomic E-state index is 12.9. The van der Waals surface area contributed by atoms with Crippen LogP contribution in [0.15, 0.2) is 35.5 Å². The Morgan fingerprint density at radius 2 is 2.10 bits per heavy atom. The van der Waals surface area contributed by atoms with Crippen molar-refractivity contribution < 1.29 is 9.63 Å². The minimum atomic E-state index is -0.255. The predicted octanol–water partition coefficient (Wildman–Crippen LogP) is -0.205.